The lowest BCUT2D eigenvalue weighted by molar-refractivity contribution is 0.0926. The van der Waals surface area contributed by atoms with Crippen LogP contribution in [0.2, 0.25) is 5.02 Å². The van der Waals surface area contributed by atoms with Crippen LogP contribution in [0.25, 0.3) is 0 Å². The van der Waals surface area contributed by atoms with E-state index < -0.39 is 0 Å². The van der Waals surface area contributed by atoms with Crippen molar-refractivity contribution >= 4 is 17.4 Å². The molecule has 1 aliphatic rings. The average molecular weight is 238 g/mol. The van der Waals surface area contributed by atoms with Gasteiger partial charge in [0.1, 0.15) is 0 Å². The Hall–Kier alpha value is -0.860. The van der Waals surface area contributed by atoms with Crippen molar-refractivity contribution in [2.24, 2.45) is 0 Å². The molecule has 1 fully saturated rings. The molecule has 0 radical (unpaired) electrons. The molecule has 1 unspecified atom stereocenters. The Bertz CT molecular complexity index is 391. The smallest absolute Gasteiger partial charge is 0.176 e. The molecule has 86 valence electrons. The monoisotopic (exact) mass is 237 g/mol. The second kappa shape index (κ2) is 4.98. The van der Waals surface area contributed by atoms with E-state index in [1.807, 2.05) is 12.1 Å². The topological polar surface area (TPSA) is 20.3 Å². The summed E-state index contributed by atoms with van der Waals surface area (Å²) in [4.78, 5) is 14.2. The summed E-state index contributed by atoms with van der Waals surface area (Å²) in [5, 5.41) is 0.625. The maximum absolute atomic E-state index is 12.0. The lowest BCUT2D eigenvalue weighted by Gasteiger charge is -2.19. The number of hydrogen-bond donors (Lipinski definition) is 0. The molecule has 0 saturated carbocycles. The number of carbonyl (C=O) groups is 1. The van der Waals surface area contributed by atoms with Crippen LogP contribution < -0.4 is 0 Å². The van der Waals surface area contributed by atoms with Gasteiger partial charge in [0.05, 0.1) is 6.54 Å². The van der Waals surface area contributed by atoms with Gasteiger partial charge in [0.25, 0.3) is 0 Å². The van der Waals surface area contributed by atoms with E-state index in [0.29, 0.717) is 23.2 Å². The van der Waals surface area contributed by atoms with E-state index in [9.17, 15) is 4.79 Å². The van der Waals surface area contributed by atoms with Gasteiger partial charge in [-0.25, -0.2) is 0 Å². The van der Waals surface area contributed by atoms with Crippen LogP contribution in [0.15, 0.2) is 24.3 Å². The largest absolute Gasteiger partial charge is 0.293 e. The molecule has 2 rings (SSSR count). The van der Waals surface area contributed by atoms with Crippen LogP contribution in [0.5, 0.6) is 0 Å². The molecule has 0 aromatic heterocycles. The number of halogens is 1. The summed E-state index contributed by atoms with van der Waals surface area (Å²) in [6.07, 6.45) is 2.40. The molecule has 0 N–H and O–H groups in total. The highest BCUT2D eigenvalue weighted by Gasteiger charge is 2.22. The van der Waals surface area contributed by atoms with Crippen molar-refractivity contribution in [3.05, 3.63) is 34.9 Å². The molecule has 0 amide bonds. The zero-order valence-electron chi connectivity index (χ0n) is 9.45. The van der Waals surface area contributed by atoms with Crippen LogP contribution in [-0.2, 0) is 0 Å². The summed E-state index contributed by atoms with van der Waals surface area (Å²) < 4.78 is 0. The minimum absolute atomic E-state index is 0.163. The second-order valence-electron chi connectivity index (χ2n) is 4.40. The highest BCUT2D eigenvalue weighted by atomic mass is 35.5. The molecule has 3 heteroatoms. The van der Waals surface area contributed by atoms with Crippen molar-refractivity contribution in [3.63, 3.8) is 0 Å². The van der Waals surface area contributed by atoms with Gasteiger partial charge in [-0.05, 0) is 38.4 Å². The Labute approximate surface area is 101 Å². The van der Waals surface area contributed by atoms with Gasteiger partial charge >= 0.3 is 0 Å². The van der Waals surface area contributed by atoms with E-state index in [1.54, 1.807) is 12.1 Å². The first-order chi connectivity index (χ1) is 7.66. The van der Waals surface area contributed by atoms with E-state index in [-0.39, 0.29) is 5.78 Å². The van der Waals surface area contributed by atoms with Crippen molar-refractivity contribution < 1.29 is 4.79 Å². The van der Waals surface area contributed by atoms with Gasteiger partial charge in [-0.15, -0.1) is 0 Å². The fourth-order valence-electron chi connectivity index (χ4n) is 2.17. The van der Waals surface area contributed by atoms with Gasteiger partial charge in [0.2, 0.25) is 0 Å². The number of carbonyl (C=O) groups excluding carboxylic acids is 1. The first kappa shape index (κ1) is 11.6. The molecular weight excluding hydrogens is 222 g/mol. The van der Waals surface area contributed by atoms with E-state index >= 15 is 0 Å². The fraction of sp³-hybridized carbons (Fsp3) is 0.462. The highest BCUT2D eigenvalue weighted by molar-refractivity contribution is 6.31. The molecule has 0 bridgehead atoms. The third-order valence-electron chi connectivity index (χ3n) is 3.18. The number of benzene rings is 1. The predicted molar refractivity (Wildman–Crippen MR) is 66.1 cm³/mol. The molecular formula is C13H16ClNO. The van der Waals surface area contributed by atoms with Gasteiger partial charge in [0.15, 0.2) is 5.78 Å². The molecule has 0 spiro atoms. The third-order valence-corrected chi connectivity index (χ3v) is 3.42. The molecule has 2 nitrogen and oxygen atoms in total. The van der Waals surface area contributed by atoms with Crippen molar-refractivity contribution in [2.75, 3.05) is 13.1 Å². The first-order valence-corrected chi connectivity index (χ1v) is 6.07. The van der Waals surface area contributed by atoms with Crippen LogP contribution in [-0.4, -0.2) is 29.8 Å². The van der Waals surface area contributed by atoms with Gasteiger partial charge < -0.3 is 0 Å². The molecule has 16 heavy (non-hydrogen) atoms. The van der Waals surface area contributed by atoms with Crippen LogP contribution in [0.4, 0.5) is 0 Å². The minimum Gasteiger partial charge on any atom is -0.293 e. The van der Waals surface area contributed by atoms with Gasteiger partial charge in [-0.1, -0.05) is 23.7 Å². The average Bonchev–Trinajstić information content (AvgIpc) is 2.64. The van der Waals surface area contributed by atoms with Gasteiger partial charge in [-0.2, -0.15) is 0 Å². The Morgan fingerprint density at radius 2 is 2.38 bits per heavy atom. The molecule has 1 heterocycles. The zero-order valence-corrected chi connectivity index (χ0v) is 10.2. The number of nitrogens with zero attached hydrogens (tertiary/aromatic N) is 1. The van der Waals surface area contributed by atoms with Crippen LogP contribution in [0.3, 0.4) is 0 Å². The molecule has 1 atom stereocenters. The van der Waals surface area contributed by atoms with E-state index in [1.165, 1.54) is 12.8 Å². The van der Waals surface area contributed by atoms with E-state index in [2.05, 4.69) is 11.8 Å². The number of Topliss-reactive ketones (excluding diaryl/α,β-unsaturated/α-hetero) is 1. The van der Waals surface area contributed by atoms with Crippen LogP contribution in [0.1, 0.15) is 30.1 Å². The summed E-state index contributed by atoms with van der Waals surface area (Å²) in [5.74, 6) is 0.163. The van der Waals surface area contributed by atoms with Gasteiger partial charge in [0, 0.05) is 16.6 Å². The quantitative estimate of drug-likeness (QED) is 0.754. The normalized spacial score (nSPS) is 21.2. The molecule has 0 aliphatic carbocycles. The lowest BCUT2D eigenvalue weighted by Crippen LogP contribution is -2.32. The van der Waals surface area contributed by atoms with Crippen molar-refractivity contribution in [1.29, 1.82) is 0 Å². The summed E-state index contributed by atoms with van der Waals surface area (Å²) in [5.41, 5.74) is 0.714. The van der Waals surface area contributed by atoms with Crippen LogP contribution >= 0.6 is 11.6 Å². The number of hydrogen-bond acceptors (Lipinski definition) is 2. The predicted octanol–water partition coefficient (Wildman–Crippen LogP) is 3.01. The van der Waals surface area contributed by atoms with Crippen molar-refractivity contribution in [1.82, 2.24) is 4.90 Å². The van der Waals surface area contributed by atoms with Crippen LogP contribution in [0, 0.1) is 0 Å². The first-order valence-electron chi connectivity index (χ1n) is 5.69. The number of rotatable bonds is 3. The summed E-state index contributed by atoms with van der Waals surface area (Å²) >= 11 is 5.87. The number of likely N-dealkylation sites (tertiary alicyclic amines) is 1. The van der Waals surface area contributed by atoms with Gasteiger partial charge in [-0.3, -0.25) is 9.69 Å². The SMILES string of the molecule is CC1CCCN1CC(=O)c1cccc(Cl)c1. The Morgan fingerprint density at radius 1 is 1.56 bits per heavy atom. The third kappa shape index (κ3) is 2.63. The summed E-state index contributed by atoms with van der Waals surface area (Å²) in [6, 6.07) is 7.71. The summed E-state index contributed by atoms with van der Waals surface area (Å²) in [6.45, 7) is 3.73. The standard InChI is InChI=1S/C13H16ClNO/c1-10-4-3-7-15(10)9-13(16)11-5-2-6-12(14)8-11/h2,5-6,8,10H,3-4,7,9H2,1H3. The maximum atomic E-state index is 12.0. The maximum Gasteiger partial charge on any atom is 0.176 e. The van der Waals surface area contributed by atoms with E-state index in [4.69, 9.17) is 11.6 Å². The molecule has 1 aliphatic heterocycles. The zero-order chi connectivity index (χ0) is 11.5. The Kier molecular flexibility index (Phi) is 3.62. The minimum atomic E-state index is 0.163. The Morgan fingerprint density at radius 3 is 3.00 bits per heavy atom. The fourth-order valence-corrected chi connectivity index (χ4v) is 2.36. The summed E-state index contributed by atoms with van der Waals surface area (Å²) in [7, 11) is 0. The molecule has 1 aromatic carbocycles. The van der Waals surface area contributed by atoms with E-state index in [0.717, 1.165) is 6.54 Å². The molecule has 1 aromatic rings. The van der Waals surface area contributed by atoms with Crippen molar-refractivity contribution in [2.45, 2.75) is 25.8 Å². The highest BCUT2D eigenvalue weighted by Crippen LogP contribution is 2.17. The second-order valence-corrected chi connectivity index (χ2v) is 4.83. The molecule has 1 saturated heterocycles. The lowest BCUT2D eigenvalue weighted by atomic mass is 10.1. The van der Waals surface area contributed by atoms with Crippen molar-refractivity contribution in [3.8, 4) is 0 Å². The number of ketones is 1. The Balaban J connectivity index is 2.03.